The van der Waals surface area contributed by atoms with Crippen molar-refractivity contribution in [1.29, 1.82) is 10.8 Å². The summed E-state index contributed by atoms with van der Waals surface area (Å²) in [4.78, 5) is 30.7. The highest BCUT2D eigenvalue weighted by molar-refractivity contribution is 9.11. The molecule has 0 spiro atoms. The van der Waals surface area contributed by atoms with Crippen LogP contribution >= 0.6 is 31.9 Å². The number of carbonyl (C=O) groups is 2. The molecule has 0 unspecified atom stereocenters. The third-order valence-electron chi connectivity index (χ3n) is 5.28. The van der Waals surface area contributed by atoms with Gasteiger partial charge in [0.2, 0.25) is 10.8 Å². The van der Waals surface area contributed by atoms with Crippen molar-refractivity contribution in [2.45, 2.75) is 19.3 Å². The van der Waals surface area contributed by atoms with E-state index in [1.807, 2.05) is 0 Å². The van der Waals surface area contributed by atoms with Gasteiger partial charge >= 0.3 is 24.3 Å². The minimum atomic E-state index is -0.626. The number of carbonyl (C=O) groups excluding carboxylic acids is 2. The third kappa shape index (κ3) is 6.43. The summed E-state index contributed by atoms with van der Waals surface area (Å²) in [7, 11) is 0. The van der Waals surface area contributed by atoms with Crippen LogP contribution in [0.4, 0.5) is 0 Å². The van der Waals surface area contributed by atoms with E-state index in [1.54, 1.807) is 12.1 Å². The second kappa shape index (κ2) is 11.8. The van der Waals surface area contributed by atoms with Crippen LogP contribution in [0.5, 0.6) is 23.0 Å². The fourth-order valence-corrected chi connectivity index (χ4v) is 4.46. The summed E-state index contributed by atoms with van der Waals surface area (Å²) in [5.74, 6) is -1.52. The van der Waals surface area contributed by atoms with Crippen molar-refractivity contribution in [3.63, 3.8) is 0 Å². The lowest BCUT2D eigenvalue weighted by atomic mass is 10.0. The summed E-state index contributed by atoms with van der Waals surface area (Å²) in [6, 6.07) is 5.92. The van der Waals surface area contributed by atoms with Gasteiger partial charge in [0.15, 0.2) is 9.95 Å². The normalized spacial score (nSPS) is 15.4. The molecule has 4 rings (SSSR count). The molecule has 2 N–H and O–H groups in total. The van der Waals surface area contributed by atoms with E-state index < -0.39 is 23.8 Å². The molecule has 0 atom stereocenters. The lowest BCUT2D eigenvalue weighted by Crippen LogP contribution is -2.13. The van der Waals surface area contributed by atoms with Gasteiger partial charge in [-0.1, -0.05) is 0 Å². The van der Waals surface area contributed by atoms with Crippen molar-refractivity contribution in [3.8, 4) is 23.0 Å². The number of ether oxygens (including phenoxy) is 4. The predicted octanol–water partition coefficient (Wildman–Crippen LogP) is 6.86. The van der Waals surface area contributed by atoms with Crippen LogP contribution in [0.3, 0.4) is 0 Å². The Morgan fingerprint density at radius 2 is 1.21 bits per heavy atom. The number of hydrogen-bond donors (Lipinski definition) is 2. The van der Waals surface area contributed by atoms with Gasteiger partial charge in [0.05, 0.1) is 20.1 Å². The number of hydrogen-bond acceptors (Lipinski definition) is 10. The molecular formula is C25H16Br2N4O8+2. The molecule has 0 amide bonds. The summed E-state index contributed by atoms with van der Waals surface area (Å²) < 4.78 is 22.1. The fraction of sp³-hybridized carbons (Fsp3) is 0.120. The highest BCUT2D eigenvalue weighted by Gasteiger charge is 2.24. The van der Waals surface area contributed by atoms with Gasteiger partial charge in [0.25, 0.3) is 11.9 Å². The largest absolute Gasteiger partial charge is 0.481 e. The van der Waals surface area contributed by atoms with E-state index in [9.17, 15) is 19.8 Å². The molecule has 2 aliphatic heterocycles. The molecule has 0 aliphatic carbocycles. The lowest BCUT2D eigenvalue weighted by Gasteiger charge is -2.17. The Bertz CT molecular complexity index is 1480. The number of fused-ring (bicyclic) bond motifs is 2. The van der Waals surface area contributed by atoms with E-state index >= 15 is 0 Å². The Balaban J connectivity index is 1.34. The number of aliphatic hydroxyl groups excluding tert-OH is 2. The van der Waals surface area contributed by atoms with Crippen molar-refractivity contribution in [3.05, 3.63) is 90.7 Å². The number of aliphatic hydroxyl groups is 2. The average molecular weight is 660 g/mol. The summed E-state index contributed by atoms with van der Waals surface area (Å²) in [5.41, 5.74) is 1.72. The number of allylic oxidation sites excluding steroid dienone is 4. The van der Waals surface area contributed by atoms with Gasteiger partial charge in [-0.15, -0.1) is 0 Å². The van der Waals surface area contributed by atoms with Gasteiger partial charge in [0, 0.05) is 48.3 Å². The summed E-state index contributed by atoms with van der Waals surface area (Å²) in [6.07, 6.45) is 4.67. The minimum Gasteiger partial charge on any atom is -0.481 e. The second-order valence-electron chi connectivity index (χ2n) is 7.93. The van der Waals surface area contributed by atoms with Crippen molar-refractivity contribution >= 4 is 54.9 Å². The van der Waals surface area contributed by atoms with E-state index in [-0.39, 0.29) is 42.3 Å². The maximum absolute atomic E-state index is 12.4. The van der Waals surface area contributed by atoms with E-state index in [2.05, 4.69) is 41.8 Å². The topological polar surface area (TPSA) is 168 Å². The molecule has 196 valence electrons. The highest BCUT2D eigenvalue weighted by atomic mass is 79.9. The first-order chi connectivity index (χ1) is 18.7. The molecule has 2 aromatic rings. The first kappa shape index (κ1) is 27.4. The number of rotatable bonds is 6. The average Bonchev–Trinajstić information content (AvgIpc) is 2.86. The standard InChI is InChI=1S/C25H14Br2N4O8/c26-16-6-14-12(10-30-28)4-24(34)36-18(14)8-20(16)38-22(32)2-1-3-23(33)39-21-9-19-15(7-17(21)27)13(11-31-29)5-25(35)37-19/h4-11H,1-3H2/p+2/b12-10-,13-11-. The first-order valence-electron chi connectivity index (χ1n) is 11.0. The molecule has 39 heavy (non-hydrogen) atoms. The number of diazo groups is 2. The molecule has 2 aliphatic rings. The Morgan fingerprint density at radius 3 is 1.59 bits per heavy atom. The maximum atomic E-state index is 12.4. The van der Waals surface area contributed by atoms with Gasteiger partial charge < -0.3 is 29.2 Å². The van der Waals surface area contributed by atoms with Crippen LogP contribution in [0, 0.1) is 10.8 Å². The molecule has 12 nitrogen and oxygen atoms in total. The fourth-order valence-electron chi connectivity index (χ4n) is 3.61. The Labute approximate surface area is 236 Å². The van der Waals surface area contributed by atoms with E-state index in [0.29, 0.717) is 31.2 Å². The molecule has 0 saturated carbocycles. The molecule has 2 heterocycles. The quantitative estimate of drug-likeness (QED) is 0.190. The smallest absolute Gasteiger partial charge is 0.358 e. The van der Waals surface area contributed by atoms with Crippen molar-refractivity contribution in [1.82, 2.24) is 0 Å². The summed E-state index contributed by atoms with van der Waals surface area (Å²) in [6.45, 7) is 0. The summed E-state index contributed by atoms with van der Waals surface area (Å²) in [5, 5.41) is 37.2. The SMILES string of the molecule is N#[N+]/C=C1/C=C(O)Oc2cc(OC(=O)CCCC(=O)Oc3cc4c(cc3Br)/C(=C\[N+]#N)C=C(O)O4)c(Br)cc21. The Kier molecular flexibility index (Phi) is 8.29. The van der Waals surface area contributed by atoms with Crippen molar-refractivity contribution in [2.24, 2.45) is 0 Å². The Morgan fingerprint density at radius 1 is 0.795 bits per heavy atom. The maximum Gasteiger partial charge on any atom is 0.358 e. The molecule has 14 heteroatoms. The van der Waals surface area contributed by atoms with Crippen LogP contribution in [0.15, 0.2) is 69.7 Å². The molecule has 2 aromatic carbocycles. The van der Waals surface area contributed by atoms with Crippen LogP contribution in [0.1, 0.15) is 30.4 Å². The first-order valence-corrected chi connectivity index (χ1v) is 12.6. The monoisotopic (exact) mass is 658 g/mol. The number of halogens is 2. The van der Waals surface area contributed by atoms with E-state index in [1.165, 1.54) is 24.3 Å². The molecule has 0 saturated heterocycles. The second-order valence-corrected chi connectivity index (χ2v) is 9.64. The molecular weight excluding hydrogens is 644 g/mol. The van der Waals surface area contributed by atoms with Crippen molar-refractivity contribution < 1.29 is 38.7 Å². The minimum absolute atomic E-state index is 0.106. The van der Waals surface area contributed by atoms with Gasteiger partial charge in [-0.2, -0.15) is 0 Å². The highest BCUT2D eigenvalue weighted by Crippen LogP contribution is 2.41. The van der Waals surface area contributed by atoms with Gasteiger partial charge in [-0.3, -0.25) is 9.59 Å². The molecule has 0 aromatic heterocycles. The number of nitrogens with zero attached hydrogens (tertiary/aromatic N) is 4. The van der Waals surface area contributed by atoms with Crippen LogP contribution in [0.25, 0.3) is 21.1 Å². The zero-order valence-corrected chi connectivity index (χ0v) is 22.8. The van der Waals surface area contributed by atoms with Gasteiger partial charge in [-0.25, -0.2) is 0 Å². The van der Waals surface area contributed by atoms with Crippen LogP contribution in [-0.4, -0.2) is 22.2 Å². The zero-order chi connectivity index (χ0) is 28.1. The predicted molar refractivity (Wildman–Crippen MR) is 142 cm³/mol. The molecule has 0 radical (unpaired) electrons. The summed E-state index contributed by atoms with van der Waals surface area (Å²) >= 11 is 6.62. The van der Waals surface area contributed by atoms with Crippen LogP contribution < -0.4 is 18.9 Å². The Hall–Kier alpha value is -4.66. The molecule has 0 fully saturated rings. The van der Waals surface area contributed by atoms with Gasteiger partial charge in [-0.05, 0) is 50.4 Å². The van der Waals surface area contributed by atoms with Gasteiger partial charge in [0.1, 0.15) is 23.0 Å². The van der Waals surface area contributed by atoms with E-state index in [0.717, 1.165) is 12.4 Å². The van der Waals surface area contributed by atoms with Crippen molar-refractivity contribution in [2.75, 3.05) is 0 Å². The number of esters is 2. The molecule has 0 bridgehead atoms. The van der Waals surface area contributed by atoms with Crippen LogP contribution in [0.2, 0.25) is 0 Å². The van der Waals surface area contributed by atoms with E-state index in [4.69, 9.17) is 29.7 Å². The number of benzene rings is 2. The zero-order valence-electron chi connectivity index (χ0n) is 19.6. The van der Waals surface area contributed by atoms with Crippen LogP contribution in [-0.2, 0) is 9.59 Å². The third-order valence-corrected chi connectivity index (χ3v) is 6.52. The lowest BCUT2D eigenvalue weighted by molar-refractivity contribution is -0.136.